The van der Waals surface area contributed by atoms with E-state index in [0.717, 1.165) is 31.0 Å². The highest BCUT2D eigenvalue weighted by molar-refractivity contribution is 9.10. The van der Waals surface area contributed by atoms with Gasteiger partial charge in [-0.1, -0.05) is 52.0 Å². The Morgan fingerprint density at radius 3 is 2.76 bits per heavy atom. The standard InChI is InChI=1S/C19H13BrN2OS2/c20-11-4-3-5-12(10-11)25-18-16(22-15-8-9-24-17(15)18)13-6-1-2-7-14(13)19(21)23/h1-10,22H,(H2,21,23). The first-order chi connectivity index (χ1) is 12.1. The van der Waals surface area contributed by atoms with E-state index in [1.807, 2.05) is 30.3 Å². The second-order valence-electron chi connectivity index (χ2n) is 5.46. The van der Waals surface area contributed by atoms with Crippen molar-refractivity contribution in [2.24, 2.45) is 5.73 Å². The van der Waals surface area contributed by atoms with Gasteiger partial charge in [-0.15, -0.1) is 11.3 Å². The first-order valence-corrected chi connectivity index (χ1v) is 10.0. The van der Waals surface area contributed by atoms with Crippen LogP contribution in [0.15, 0.2) is 74.2 Å². The number of nitrogens with two attached hydrogens (primary N) is 1. The number of hydrogen-bond donors (Lipinski definition) is 2. The highest BCUT2D eigenvalue weighted by Crippen LogP contribution is 2.44. The largest absolute Gasteiger partial charge is 0.366 e. The number of halogens is 1. The smallest absolute Gasteiger partial charge is 0.249 e. The van der Waals surface area contributed by atoms with E-state index in [-0.39, 0.29) is 0 Å². The number of thiophene rings is 1. The molecule has 0 aliphatic carbocycles. The van der Waals surface area contributed by atoms with Gasteiger partial charge in [-0.25, -0.2) is 0 Å². The molecule has 0 fully saturated rings. The fourth-order valence-corrected chi connectivity index (χ4v) is 5.39. The third-order valence-electron chi connectivity index (χ3n) is 3.84. The average molecular weight is 429 g/mol. The summed E-state index contributed by atoms with van der Waals surface area (Å²) in [6, 6.07) is 17.7. The molecule has 0 aliphatic rings. The molecule has 124 valence electrons. The van der Waals surface area contributed by atoms with Gasteiger partial charge in [0.25, 0.3) is 0 Å². The number of carbonyl (C=O) groups is 1. The lowest BCUT2D eigenvalue weighted by Crippen LogP contribution is -2.12. The van der Waals surface area contributed by atoms with Crippen LogP contribution in [-0.4, -0.2) is 10.9 Å². The first kappa shape index (κ1) is 16.4. The Morgan fingerprint density at radius 2 is 1.96 bits per heavy atom. The molecule has 0 saturated heterocycles. The fraction of sp³-hybridized carbons (Fsp3) is 0. The van der Waals surface area contributed by atoms with Gasteiger partial charge in [0, 0.05) is 20.5 Å². The summed E-state index contributed by atoms with van der Waals surface area (Å²) in [5.74, 6) is -0.424. The SMILES string of the molecule is NC(=O)c1ccccc1-c1[nH]c2ccsc2c1Sc1cccc(Br)c1. The van der Waals surface area contributed by atoms with E-state index in [1.165, 1.54) is 4.70 Å². The lowest BCUT2D eigenvalue weighted by molar-refractivity contribution is 0.100. The minimum atomic E-state index is -0.424. The number of aromatic nitrogens is 1. The molecule has 4 rings (SSSR count). The maximum atomic E-state index is 11.9. The van der Waals surface area contributed by atoms with Gasteiger partial charge in [0.05, 0.1) is 20.8 Å². The molecule has 4 aromatic rings. The molecule has 1 amide bonds. The number of hydrogen-bond acceptors (Lipinski definition) is 3. The quantitative estimate of drug-likeness (QED) is 0.424. The number of H-pyrrole nitrogens is 1. The zero-order chi connectivity index (χ0) is 17.4. The third-order valence-corrected chi connectivity index (χ3v) is 6.49. The predicted molar refractivity (Wildman–Crippen MR) is 108 cm³/mol. The zero-order valence-electron chi connectivity index (χ0n) is 13.0. The van der Waals surface area contributed by atoms with Gasteiger partial charge in [-0.3, -0.25) is 4.79 Å². The van der Waals surface area contributed by atoms with Crippen LogP contribution in [0, 0.1) is 0 Å². The van der Waals surface area contributed by atoms with Gasteiger partial charge in [0.2, 0.25) is 5.91 Å². The summed E-state index contributed by atoms with van der Waals surface area (Å²) in [6.45, 7) is 0. The minimum absolute atomic E-state index is 0.424. The van der Waals surface area contributed by atoms with Crippen molar-refractivity contribution < 1.29 is 4.79 Å². The van der Waals surface area contributed by atoms with E-state index in [1.54, 1.807) is 29.2 Å². The number of aromatic amines is 1. The Hall–Kier alpha value is -2.02. The van der Waals surface area contributed by atoms with Crippen molar-refractivity contribution in [2.75, 3.05) is 0 Å². The van der Waals surface area contributed by atoms with Crippen molar-refractivity contribution in [3.05, 3.63) is 70.0 Å². The van der Waals surface area contributed by atoms with E-state index in [9.17, 15) is 4.79 Å². The van der Waals surface area contributed by atoms with Gasteiger partial charge in [-0.05, 0) is 35.7 Å². The van der Waals surface area contributed by atoms with E-state index in [4.69, 9.17) is 5.73 Å². The highest BCUT2D eigenvalue weighted by atomic mass is 79.9. The third kappa shape index (κ3) is 3.13. The average Bonchev–Trinajstić information content (AvgIpc) is 3.17. The maximum absolute atomic E-state index is 11.9. The van der Waals surface area contributed by atoms with Crippen LogP contribution >= 0.6 is 39.0 Å². The minimum Gasteiger partial charge on any atom is -0.366 e. The molecule has 0 spiro atoms. The highest BCUT2D eigenvalue weighted by Gasteiger charge is 2.19. The Balaban J connectivity index is 1.91. The van der Waals surface area contributed by atoms with Crippen LogP contribution in [0.25, 0.3) is 21.5 Å². The number of rotatable bonds is 4. The number of primary amides is 1. The van der Waals surface area contributed by atoms with Gasteiger partial charge < -0.3 is 10.7 Å². The van der Waals surface area contributed by atoms with Gasteiger partial charge >= 0.3 is 0 Å². The molecule has 3 nitrogen and oxygen atoms in total. The maximum Gasteiger partial charge on any atom is 0.249 e. The molecule has 0 saturated carbocycles. The number of amides is 1. The first-order valence-electron chi connectivity index (χ1n) is 7.55. The summed E-state index contributed by atoms with van der Waals surface area (Å²) < 4.78 is 2.22. The van der Waals surface area contributed by atoms with Crippen molar-refractivity contribution in [3.63, 3.8) is 0 Å². The van der Waals surface area contributed by atoms with E-state index < -0.39 is 5.91 Å². The van der Waals surface area contributed by atoms with Crippen LogP contribution in [-0.2, 0) is 0 Å². The monoisotopic (exact) mass is 428 g/mol. The fourth-order valence-electron chi connectivity index (χ4n) is 2.74. The molecule has 3 N–H and O–H groups in total. The summed E-state index contributed by atoms with van der Waals surface area (Å²) in [6.07, 6.45) is 0. The molecule has 25 heavy (non-hydrogen) atoms. The Bertz CT molecular complexity index is 1080. The van der Waals surface area contributed by atoms with Crippen LogP contribution in [0.1, 0.15) is 10.4 Å². The second-order valence-corrected chi connectivity index (χ2v) is 8.38. The summed E-state index contributed by atoms with van der Waals surface area (Å²) in [5, 5.41) is 2.07. The van der Waals surface area contributed by atoms with Crippen LogP contribution in [0.4, 0.5) is 0 Å². The van der Waals surface area contributed by atoms with Gasteiger partial charge in [0.15, 0.2) is 0 Å². The number of nitrogens with one attached hydrogen (secondary N) is 1. The van der Waals surface area contributed by atoms with Crippen molar-refractivity contribution in [1.29, 1.82) is 0 Å². The number of carbonyl (C=O) groups excluding carboxylic acids is 1. The Kier molecular flexibility index (Phi) is 4.41. The lowest BCUT2D eigenvalue weighted by atomic mass is 10.0. The van der Waals surface area contributed by atoms with Crippen LogP contribution in [0.3, 0.4) is 0 Å². The normalized spacial score (nSPS) is 11.1. The van der Waals surface area contributed by atoms with Crippen LogP contribution in [0.5, 0.6) is 0 Å². The molecule has 0 aliphatic heterocycles. The molecule has 2 aromatic carbocycles. The summed E-state index contributed by atoms with van der Waals surface area (Å²) >= 11 is 6.89. The molecule has 0 atom stereocenters. The molecule has 0 unspecified atom stereocenters. The lowest BCUT2D eigenvalue weighted by Gasteiger charge is -2.08. The van der Waals surface area contributed by atoms with Crippen LogP contribution < -0.4 is 5.73 Å². The topological polar surface area (TPSA) is 58.9 Å². The zero-order valence-corrected chi connectivity index (χ0v) is 16.2. The molecule has 0 bridgehead atoms. The number of benzene rings is 2. The molecule has 2 heterocycles. The van der Waals surface area contributed by atoms with Crippen molar-refractivity contribution in [3.8, 4) is 11.3 Å². The number of fused-ring (bicyclic) bond motifs is 1. The molecule has 0 radical (unpaired) electrons. The molecule has 6 heteroatoms. The predicted octanol–water partition coefficient (Wildman–Crippen LogP) is 5.91. The Morgan fingerprint density at radius 1 is 1.12 bits per heavy atom. The van der Waals surface area contributed by atoms with E-state index >= 15 is 0 Å². The molecular formula is C19H13BrN2OS2. The summed E-state index contributed by atoms with van der Waals surface area (Å²) in [5.41, 5.74) is 8.93. The molecular weight excluding hydrogens is 416 g/mol. The van der Waals surface area contributed by atoms with E-state index in [0.29, 0.717) is 5.56 Å². The van der Waals surface area contributed by atoms with E-state index in [2.05, 4.69) is 44.5 Å². The second kappa shape index (κ2) is 6.71. The van der Waals surface area contributed by atoms with Gasteiger partial charge in [-0.2, -0.15) is 0 Å². The molecule has 2 aromatic heterocycles. The van der Waals surface area contributed by atoms with Crippen LogP contribution in [0.2, 0.25) is 0 Å². The summed E-state index contributed by atoms with van der Waals surface area (Å²) in [4.78, 5) is 17.6. The Labute approximate surface area is 161 Å². The van der Waals surface area contributed by atoms with Crippen molar-refractivity contribution >= 4 is 55.2 Å². The van der Waals surface area contributed by atoms with Crippen molar-refractivity contribution in [1.82, 2.24) is 4.98 Å². The van der Waals surface area contributed by atoms with Gasteiger partial charge in [0.1, 0.15) is 0 Å². The summed E-state index contributed by atoms with van der Waals surface area (Å²) in [7, 11) is 0. The van der Waals surface area contributed by atoms with Crippen molar-refractivity contribution in [2.45, 2.75) is 9.79 Å².